The number of hydrogen-bond donors (Lipinski definition) is 0. The highest BCUT2D eigenvalue weighted by Crippen LogP contribution is 2.40. The van der Waals surface area contributed by atoms with Gasteiger partial charge in [0.25, 0.3) is 11.1 Å². The number of hydrogen-bond acceptors (Lipinski definition) is 7. The zero-order valence-electron chi connectivity index (χ0n) is 19.7. The molecule has 1 fully saturated rings. The minimum Gasteiger partial charge on any atom is -0.490 e. The Balaban J connectivity index is 1.32. The molecule has 0 aromatic heterocycles. The van der Waals surface area contributed by atoms with Crippen LogP contribution >= 0.6 is 39.3 Å². The minimum absolute atomic E-state index is 0.0323. The summed E-state index contributed by atoms with van der Waals surface area (Å²) in [5.41, 5.74) is 2.33. The van der Waals surface area contributed by atoms with Gasteiger partial charge in [-0.05, 0) is 71.8 Å². The lowest BCUT2D eigenvalue weighted by Gasteiger charge is -2.14. The number of halogens is 2. The van der Waals surface area contributed by atoms with Gasteiger partial charge in [0.05, 0.1) is 18.1 Å². The van der Waals surface area contributed by atoms with E-state index in [1.807, 2.05) is 37.3 Å². The van der Waals surface area contributed by atoms with E-state index in [0.29, 0.717) is 57.3 Å². The third kappa shape index (κ3) is 5.74. The second-order valence-corrected chi connectivity index (χ2v) is 10.4. The first-order valence-corrected chi connectivity index (χ1v) is 13.4. The van der Waals surface area contributed by atoms with Gasteiger partial charge in [-0.3, -0.25) is 14.5 Å². The molecule has 0 atom stereocenters. The first-order valence-electron chi connectivity index (χ1n) is 11.4. The normalized spacial score (nSPS) is 15.5. The maximum atomic E-state index is 13.1. The molecule has 190 valence electrons. The van der Waals surface area contributed by atoms with E-state index in [1.54, 1.807) is 30.3 Å². The molecule has 0 bridgehead atoms. The Hall–Kier alpha value is -3.14. The topological polar surface area (TPSA) is 74.3 Å². The molecule has 1 saturated heterocycles. The summed E-state index contributed by atoms with van der Waals surface area (Å²) in [5, 5.41) is 0.0248. The summed E-state index contributed by atoms with van der Waals surface area (Å²) in [6.45, 7) is 2.86. The first-order chi connectivity index (χ1) is 17.9. The van der Waals surface area contributed by atoms with Crippen molar-refractivity contribution in [2.75, 3.05) is 13.4 Å². The first kappa shape index (κ1) is 25.5. The zero-order valence-corrected chi connectivity index (χ0v) is 22.8. The maximum absolute atomic E-state index is 13.1. The molecule has 0 radical (unpaired) electrons. The van der Waals surface area contributed by atoms with Crippen molar-refractivity contribution in [1.29, 1.82) is 0 Å². The number of imide groups is 1. The van der Waals surface area contributed by atoms with Gasteiger partial charge < -0.3 is 18.9 Å². The molecular formula is C27H21BrClNO6S. The number of thioether (sulfide) groups is 1. The fourth-order valence-corrected chi connectivity index (χ4v) is 5.10. The lowest BCUT2D eigenvalue weighted by atomic mass is 10.1. The smallest absolute Gasteiger partial charge is 0.293 e. The van der Waals surface area contributed by atoms with Crippen molar-refractivity contribution in [2.24, 2.45) is 0 Å². The molecule has 2 heterocycles. The fraction of sp³-hybridized carbons (Fsp3) is 0.185. The van der Waals surface area contributed by atoms with E-state index in [9.17, 15) is 9.59 Å². The monoisotopic (exact) mass is 601 g/mol. The zero-order chi connectivity index (χ0) is 25.9. The summed E-state index contributed by atoms with van der Waals surface area (Å²) >= 11 is 10.7. The molecule has 10 heteroatoms. The Kier molecular flexibility index (Phi) is 7.64. The lowest BCUT2D eigenvalue weighted by Crippen LogP contribution is -2.27. The average Bonchev–Trinajstić information content (AvgIpc) is 3.44. The van der Waals surface area contributed by atoms with Crippen molar-refractivity contribution in [1.82, 2.24) is 4.90 Å². The highest BCUT2D eigenvalue weighted by atomic mass is 79.9. The molecule has 0 N–H and O–H groups in total. The van der Waals surface area contributed by atoms with Gasteiger partial charge in [0.2, 0.25) is 6.79 Å². The van der Waals surface area contributed by atoms with Crippen LogP contribution in [-0.2, 0) is 17.9 Å². The summed E-state index contributed by atoms with van der Waals surface area (Å²) in [7, 11) is 0. The highest BCUT2D eigenvalue weighted by Gasteiger charge is 2.35. The largest absolute Gasteiger partial charge is 0.490 e. The molecule has 7 nitrogen and oxygen atoms in total. The van der Waals surface area contributed by atoms with Crippen molar-refractivity contribution >= 4 is 56.5 Å². The quantitative estimate of drug-likeness (QED) is 0.256. The maximum Gasteiger partial charge on any atom is 0.293 e. The summed E-state index contributed by atoms with van der Waals surface area (Å²) in [5.74, 6) is 1.83. The lowest BCUT2D eigenvalue weighted by molar-refractivity contribution is -0.123. The third-order valence-corrected chi connectivity index (χ3v) is 7.40. The second kappa shape index (κ2) is 11.1. The molecule has 0 spiro atoms. The summed E-state index contributed by atoms with van der Waals surface area (Å²) in [6.07, 6.45) is 1.67. The number of nitrogens with zero attached hydrogens (tertiary/aromatic N) is 1. The molecule has 2 aliphatic rings. The van der Waals surface area contributed by atoms with Crippen LogP contribution in [0.2, 0.25) is 5.02 Å². The number of carbonyl (C=O) groups is 2. The minimum atomic E-state index is -0.391. The van der Waals surface area contributed by atoms with Crippen LogP contribution in [0.4, 0.5) is 4.79 Å². The van der Waals surface area contributed by atoms with Crippen LogP contribution in [0.25, 0.3) is 6.08 Å². The molecule has 3 aromatic rings. The van der Waals surface area contributed by atoms with Gasteiger partial charge in [-0.15, -0.1) is 0 Å². The van der Waals surface area contributed by atoms with Gasteiger partial charge in [0.15, 0.2) is 23.0 Å². The Morgan fingerprint density at radius 3 is 2.54 bits per heavy atom. The van der Waals surface area contributed by atoms with Gasteiger partial charge in [-0.2, -0.15) is 0 Å². The van der Waals surface area contributed by atoms with E-state index in [0.717, 1.165) is 21.8 Å². The SMILES string of the molecule is CCOc1cc(/C=C2\SC(=O)N(Cc3cc4c(cc3Cl)OCO4)C2=O)ccc1OCc1ccc(Br)cc1. The van der Waals surface area contributed by atoms with Crippen LogP contribution in [0.15, 0.2) is 64.0 Å². The van der Waals surface area contributed by atoms with Crippen LogP contribution in [-0.4, -0.2) is 29.4 Å². The molecule has 37 heavy (non-hydrogen) atoms. The van der Waals surface area contributed by atoms with Crippen LogP contribution < -0.4 is 18.9 Å². The van der Waals surface area contributed by atoms with Crippen LogP contribution in [0.3, 0.4) is 0 Å². The van der Waals surface area contributed by atoms with Gasteiger partial charge >= 0.3 is 0 Å². The summed E-state index contributed by atoms with van der Waals surface area (Å²) < 4.78 is 23.5. The molecule has 2 aliphatic heterocycles. The molecule has 3 aromatic carbocycles. The number of amides is 2. The van der Waals surface area contributed by atoms with Crippen molar-refractivity contribution in [2.45, 2.75) is 20.1 Å². The summed E-state index contributed by atoms with van der Waals surface area (Å²) in [4.78, 5) is 27.2. The van der Waals surface area contributed by atoms with Gasteiger partial charge in [0.1, 0.15) is 6.61 Å². The number of carbonyl (C=O) groups excluding carboxylic acids is 2. The predicted octanol–water partition coefficient (Wildman–Crippen LogP) is 7.05. The fourth-order valence-electron chi connectivity index (χ4n) is 3.78. The van der Waals surface area contributed by atoms with E-state index in [1.165, 1.54) is 4.90 Å². The Morgan fingerprint density at radius 1 is 1.03 bits per heavy atom. The molecule has 0 saturated carbocycles. The van der Waals surface area contributed by atoms with E-state index in [2.05, 4.69) is 15.9 Å². The number of fused-ring (bicyclic) bond motifs is 1. The molecule has 2 amide bonds. The molecule has 0 aliphatic carbocycles. The van der Waals surface area contributed by atoms with E-state index in [4.69, 9.17) is 30.5 Å². The number of rotatable bonds is 8. The Morgan fingerprint density at radius 2 is 1.78 bits per heavy atom. The van der Waals surface area contributed by atoms with Gasteiger partial charge in [-0.25, -0.2) is 0 Å². The summed E-state index contributed by atoms with van der Waals surface area (Å²) in [6, 6.07) is 16.6. The van der Waals surface area contributed by atoms with Crippen molar-refractivity contribution in [3.8, 4) is 23.0 Å². The van der Waals surface area contributed by atoms with Crippen molar-refractivity contribution < 1.29 is 28.5 Å². The van der Waals surface area contributed by atoms with Crippen LogP contribution in [0.1, 0.15) is 23.6 Å². The Bertz CT molecular complexity index is 1390. The highest BCUT2D eigenvalue weighted by molar-refractivity contribution is 9.10. The molecule has 0 unspecified atom stereocenters. The second-order valence-electron chi connectivity index (χ2n) is 8.12. The molecular weight excluding hydrogens is 582 g/mol. The predicted molar refractivity (Wildman–Crippen MR) is 145 cm³/mol. The van der Waals surface area contributed by atoms with Crippen molar-refractivity contribution in [3.05, 3.63) is 85.7 Å². The van der Waals surface area contributed by atoms with Crippen molar-refractivity contribution in [3.63, 3.8) is 0 Å². The molecule has 5 rings (SSSR count). The van der Waals surface area contributed by atoms with Crippen LogP contribution in [0, 0.1) is 0 Å². The van der Waals surface area contributed by atoms with Gasteiger partial charge in [0, 0.05) is 15.6 Å². The van der Waals surface area contributed by atoms with E-state index in [-0.39, 0.29) is 18.6 Å². The number of ether oxygens (including phenoxy) is 4. The van der Waals surface area contributed by atoms with E-state index >= 15 is 0 Å². The van der Waals surface area contributed by atoms with Crippen LogP contribution in [0.5, 0.6) is 23.0 Å². The number of benzene rings is 3. The van der Waals surface area contributed by atoms with Gasteiger partial charge in [-0.1, -0.05) is 45.7 Å². The standard InChI is InChI=1S/C27H21BrClNO6S/c1-2-33-22-9-17(5-8-21(22)34-14-16-3-6-19(28)7-4-16)10-25-26(31)30(27(32)37-25)13-18-11-23-24(12-20(18)29)36-15-35-23/h3-12H,2,13-15H2,1H3/b25-10-. The Labute approximate surface area is 231 Å². The third-order valence-electron chi connectivity index (χ3n) is 5.62. The van der Waals surface area contributed by atoms with E-state index < -0.39 is 5.91 Å². The average molecular weight is 603 g/mol.